The second-order valence-corrected chi connectivity index (χ2v) is 4.87. The van der Waals surface area contributed by atoms with Gasteiger partial charge in [0, 0.05) is 19.5 Å². The van der Waals surface area contributed by atoms with E-state index >= 15 is 0 Å². The van der Waals surface area contributed by atoms with Crippen molar-refractivity contribution >= 4 is 11.9 Å². The van der Waals surface area contributed by atoms with E-state index in [1.807, 2.05) is 0 Å². The van der Waals surface area contributed by atoms with Gasteiger partial charge in [-0.15, -0.1) is 0 Å². The Morgan fingerprint density at radius 3 is 2.21 bits per heavy atom. The van der Waals surface area contributed by atoms with Crippen molar-refractivity contribution in [2.75, 3.05) is 13.1 Å². The van der Waals surface area contributed by atoms with Gasteiger partial charge in [-0.1, -0.05) is 12.8 Å². The van der Waals surface area contributed by atoms with Gasteiger partial charge >= 0.3 is 18.1 Å². The Kier molecular flexibility index (Phi) is 5.62. The number of hydrogen-bond acceptors (Lipinski definition) is 2. The molecule has 1 aliphatic rings. The molecule has 0 atom stereocenters. The van der Waals surface area contributed by atoms with Crippen LogP contribution in [0.4, 0.5) is 13.2 Å². The first-order valence-corrected chi connectivity index (χ1v) is 6.38. The summed E-state index contributed by atoms with van der Waals surface area (Å²) in [4.78, 5) is 22.2. The maximum atomic E-state index is 12.2. The van der Waals surface area contributed by atoms with Crippen molar-refractivity contribution in [2.24, 2.45) is 5.92 Å². The third-order valence-electron chi connectivity index (χ3n) is 3.40. The summed E-state index contributed by atoms with van der Waals surface area (Å²) in [6.45, 7) is 0.282. The van der Waals surface area contributed by atoms with E-state index in [1.54, 1.807) is 0 Å². The van der Waals surface area contributed by atoms with Crippen LogP contribution in [0.25, 0.3) is 0 Å². The number of carboxylic acids is 1. The third-order valence-corrected chi connectivity index (χ3v) is 3.40. The van der Waals surface area contributed by atoms with Crippen LogP contribution in [-0.2, 0) is 9.59 Å². The van der Waals surface area contributed by atoms with E-state index < -0.39 is 18.1 Å². The zero-order chi connectivity index (χ0) is 14.5. The number of unbranched alkanes of at least 4 members (excludes halogenated alkanes) is 1. The lowest BCUT2D eigenvalue weighted by Gasteiger charge is -2.32. The van der Waals surface area contributed by atoms with Crippen molar-refractivity contribution in [1.29, 1.82) is 0 Å². The second kappa shape index (κ2) is 6.77. The molecule has 1 amide bonds. The molecule has 19 heavy (non-hydrogen) atoms. The fourth-order valence-corrected chi connectivity index (χ4v) is 2.31. The Morgan fingerprint density at radius 1 is 1.16 bits per heavy atom. The number of piperidine rings is 1. The van der Waals surface area contributed by atoms with Crippen LogP contribution in [0.15, 0.2) is 0 Å². The van der Waals surface area contributed by atoms with Gasteiger partial charge in [0.15, 0.2) is 0 Å². The number of amides is 1. The van der Waals surface area contributed by atoms with E-state index in [9.17, 15) is 22.8 Å². The highest BCUT2D eigenvalue weighted by atomic mass is 19.4. The van der Waals surface area contributed by atoms with Gasteiger partial charge in [-0.25, -0.2) is 0 Å². The van der Waals surface area contributed by atoms with Gasteiger partial charge in [0.1, 0.15) is 0 Å². The third kappa shape index (κ3) is 5.48. The van der Waals surface area contributed by atoms with Gasteiger partial charge in [0.2, 0.25) is 0 Å². The van der Waals surface area contributed by atoms with Gasteiger partial charge in [-0.3, -0.25) is 9.59 Å². The van der Waals surface area contributed by atoms with Crippen molar-refractivity contribution in [3.8, 4) is 0 Å². The first-order valence-electron chi connectivity index (χ1n) is 6.38. The quantitative estimate of drug-likeness (QED) is 0.787. The molecule has 7 heteroatoms. The number of alkyl halides is 3. The molecule has 110 valence electrons. The van der Waals surface area contributed by atoms with Crippen molar-refractivity contribution in [2.45, 2.75) is 44.7 Å². The minimum atomic E-state index is -4.78. The van der Waals surface area contributed by atoms with Crippen LogP contribution in [0.2, 0.25) is 0 Å². The average Bonchev–Trinajstić information content (AvgIpc) is 2.33. The molecule has 0 aromatic rings. The highest BCUT2D eigenvalue weighted by molar-refractivity contribution is 5.81. The summed E-state index contributed by atoms with van der Waals surface area (Å²) in [5, 5.41) is 8.47. The second-order valence-electron chi connectivity index (χ2n) is 4.87. The molecule has 1 aliphatic heterocycles. The number of carbonyl (C=O) groups excluding carboxylic acids is 1. The summed E-state index contributed by atoms with van der Waals surface area (Å²) < 4.78 is 36.6. The van der Waals surface area contributed by atoms with Gasteiger partial charge in [-0.2, -0.15) is 13.2 Å². The Labute approximate surface area is 109 Å². The molecule has 0 aromatic carbocycles. The van der Waals surface area contributed by atoms with Crippen LogP contribution in [0, 0.1) is 5.92 Å². The molecule has 1 rings (SSSR count). The zero-order valence-electron chi connectivity index (χ0n) is 10.6. The molecule has 0 spiro atoms. The number of aliphatic carboxylic acids is 1. The molecule has 0 saturated carbocycles. The Hall–Kier alpha value is -1.27. The number of rotatable bonds is 5. The molecule has 1 fully saturated rings. The van der Waals surface area contributed by atoms with E-state index in [0.717, 1.165) is 17.7 Å². The van der Waals surface area contributed by atoms with Gasteiger partial charge in [-0.05, 0) is 25.2 Å². The largest absolute Gasteiger partial charge is 0.481 e. The molecule has 0 aliphatic carbocycles. The topological polar surface area (TPSA) is 57.6 Å². The molecular weight excluding hydrogens is 263 g/mol. The molecule has 0 unspecified atom stereocenters. The van der Waals surface area contributed by atoms with Crippen LogP contribution >= 0.6 is 0 Å². The lowest BCUT2D eigenvalue weighted by Crippen LogP contribution is -2.45. The summed E-state index contributed by atoms with van der Waals surface area (Å²) in [5.74, 6) is -2.28. The highest BCUT2D eigenvalue weighted by Crippen LogP contribution is 2.26. The van der Waals surface area contributed by atoms with Crippen LogP contribution in [0.5, 0.6) is 0 Å². The standard InChI is InChI=1S/C12H18F3NO3/c13-12(14,15)11(19)16-7-5-9(6-8-16)3-1-2-4-10(17)18/h9H,1-8H2,(H,17,18). The Bertz CT molecular complexity index is 323. The first-order chi connectivity index (χ1) is 8.80. The van der Waals surface area contributed by atoms with Gasteiger partial charge in [0.05, 0.1) is 0 Å². The van der Waals surface area contributed by atoms with E-state index in [1.165, 1.54) is 0 Å². The molecule has 0 aromatic heterocycles. The van der Waals surface area contributed by atoms with Crippen LogP contribution in [0.1, 0.15) is 38.5 Å². The number of nitrogens with zero attached hydrogens (tertiary/aromatic N) is 1. The van der Waals surface area contributed by atoms with Crippen LogP contribution in [-0.4, -0.2) is 41.1 Å². The first kappa shape index (κ1) is 15.8. The predicted octanol–water partition coefficient (Wildman–Crippen LogP) is 2.43. The molecule has 0 radical (unpaired) electrons. The van der Waals surface area contributed by atoms with Crippen molar-refractivity contribution in [1.82, 2.24) is 4.90 Å². The molecule has 1 N–H and O–H groups in total. The number of carbonyl (C=O) groups is 2. The minimum absolute atomic E-state index is 0.130. The summed E-state index contributed by atoms with van der Waals surface area (Å²) in [6.07, 6.45) is -1.34. The number of likely N-dealkylation sites (tertiary alicyclic amines) is 1. The van der Waals surface area contributed by atoms with Crippen molar-refractivity contribution in [3.05, 3.63) is 0 Å². The molecule has 1 saturated heterocycles. The molecule has 4 nitrogen and oxygen atoms in total. The molecule has 0 bridgehead atoms. The Balaban J connectivity index is 2.22. The monoisotopic (exact) mass is 281 g/mol. The lowest BCUT2D eigenvalue weighted by atomic mass is 9.91. The maximum Gasteiger partial charge on any atom is 0.471 e. The van der Waals surface area contributed by atoms with E-state index in [2.05, 4.69) is 0 Å². The van der Waals surface area contributed by atoms with Crippen molar-refractivity contribution in [3.63, 3.8) is 0 Å². The number of hydrogen-bond donors (Lipinski definition) is 1. The predicted molar refractivity (Wildman–Crippen MR) is 61.5 cm³/mol. The maximum absolute atomic E-state index is 12.2. The summed E-state index contributed by atoms with van der Waals surface area (Å²) in [7, 11) is 0. The van der Waals surface area contributed by atoms with E-state index in [-0.39, 0.29) is 19.5 Å². The van der Waals surface area contributed by atoms with Gasteiger partial charge < -0.3 is 10.0 Å². The molecular formula is C12H18F3NO3. The summed E-state index contributed by atoms with van der Waals surface area (Å²) in [5.41, 5.74) is 0. The SMILES string of the molecule is O=C(O)CCCCC1CCN(C(=O)C(F)(F)F)CC1. The zero-order valence-corrected chi connectivity index (χ0v) is 10.6. The smallest absolute Gasteiger partial charge is 0.471 e. The number of carboxylic acid groups (broad SMARTS) is 1. The lowest BCUT2D eigenvalue weighted by molar-refractivity contribution is -0.186. The highest BCUT2D eigenvalue weighted by Gasteiger charge is 2.43. The van der Waals surface area contributed by atoms with Gasteiger partial charge in [0.25, 0.3) is 0 Å². The number of halogens is 3. The van der Waals surface area contributed by atoms with E-state index in [0.29, 0.717) is 25.2 Å². The minimum Gasteiger partial charge on any atom is -0.481 e. The van der Waals surface area contributed by atoms with E-state index in [4.69, 9.17) is 5.11 Å². The summed E-state index contributed by atoms with van der Waals surface area (Å²) >= 11 is 0. The normalized spacial score (nSPS) is 17.5. The average molecular weight is 281 g/mol. The van der Waals surface area contributed by atoms with Crippen LogP contribution in [0.3, 0.4) is 0 Å². The molecule has 1 heterocycles. The van der Waals surface area contributed by atoms with Crippen molar-refractivity contribution < 1.29 is 27.9 Å². The Morgan fingerprint density at radius 2 is 1.74 bits per heavy atom. The fourth-order valence-electron chi connectivity index (χ4n) is 2.31. The fraction of sp³-hybridized carbons (Fsp3) is 0.833. The van der Waals surface area contributed by atoms with Crippen LogP contribution < -0.4 is 0 Å². The summed E-state index contributed by atoms with van der Waals surface area (Å²) in [6, 6.07) is 0.